The molecular formula is C16H15N3O3. The fourth-order valence-electron chi connectivity index (χ4n) is 2.23. The van der Waals surface area contributed by atoms with Crippen molar-refractivity contribution in [1.82, 2.24) is 10.3 Å². The number of ether oxygens (including phenoxy) is 1. The van der Waals surface area contributed by atoms with Gasteiger partial charge in [-0.15, -0.1) is 0 Å². The maximum Gasteiger partial charge on any atom is 0.262 e. The molecule has 112 valence electrons. The molecule has 3 rings (SSSR count). The number of carbonyl (C=O) groups is 2. The molecule has 1 aliphatic heterocycles. The highest BCUT2D eigenvalue weighted by molar-refractivity contribution is 5.96. The van der Waals surface area contributed by atoms with Crippen LogP contribution in [0.15, 0.2) is 42.7 Å². The fourth-order valence-corrected chi connectivity index (χ4v) is 2.23. The number of benzene rings is 1. The van der Waals surface area contributed by atoms with Crippen LogP contribution in [0.5, 0.6) is 5.75 Å². The normalized spacial score (nSPS) is 14.3. The maximum absolute atomic E-state index is 12.1. The number of nitrogens with one attached hydrogen (secondary N) is 2. The number of aromatic nitrogens is 1. The molecule has 1 atom stereocenters. The lowest BCUT2D eigenvalue weighted by molar-refractivity contribution is -0.118. The first-order chi connectivity index (χ1) is 10.6. The first-order valence-corrected chi connectivity index (χ1v) is 6.91. The van der Waals surface area contributed by atoms with Crippen molar-refractivity contribution in [2.24, 2.45) is 0 Å². The lowest BCUT2D eigenvalue weighted by Crippen LogP contribution is -2.28. The summed E-state index contributed by atoms with van der Waals surface area (Å²) in [6.45, 7) is 1.90. The van der Waals surface area contributed by atoms with Crippen molar-refractivity contribution < 1.29 is 14.3 Å². The van der Waals surface area contributed by atoms with Crippen molar-refractivity contribution in [2.45, 2.75) is 13.0 Å². The Morgan fingerprint density at radius 2 is 2.27 bits per heavy atom. The zero-order chi connectivity index (χ0) is 15.5. The monoisotopic (exact) mass is 297 g/mol. The van der Waals surface area contributed by atoms with Gasteiger partial charge in [-0.25, -0.2) is 0 Å². The Morgan fingerprint density at radius 3 is 3.05 bits per heavy atom. The van der Waals surface area contributed by atoms with E-state index in [4.69, 9.17) is 4.74 Å². The van der Waals surface area contributed by atoms with E-state index in [0.29, 0.717) is 17.0 Å². The number of anilines is 1. The van der Waals surface area contributed by atoms with Gasteiger partial charge in [-0.05, 0) is 36.8 Å². The zero-order valence-corrected chi connectivity index (χ0v) is 12.0. The summed E-state index contributed by atoms with van der Waals surface area (Å²) in [4.78, 5) is 27.4. The molecule has 1 aromatic carbocycles. The van der Waals surface area contributed by atoms with Crippen LogP contribution >= 0.6 is 0 Å². The highest BCUT2D eigenvalue weighted by Crippen LogP contribution is 2.30. The Kier molecular flexibility index (Phi) is 3.74. The minimum Gasteiger partial charge on any atom is -0.482 e. The van der Waals surface area contributed by atoms with E-state index in [9.17, 15) is 9.59 Å². The molecule has 0 saturated heterocycles. The SMILES string of the molecule is C[C@@H](NC(=O)c1cccnc1)c1ccc2c(c1)NC(=O)CO2. The van der Waals surface area contributed by atoms with Crippen molar-refractivity contribution in [3.8, 4) is 5.75 Å². The van der Waals surface area contributed by atoms with E-state index in [1.165, 1.54) is 6.20 Å². The van der Waals surface area contributed by atoms with Gasteiger partial charge in [0, 0.05) is 12.4 Å². The third kappa shape index (κ3) is 2.90. The quantitative estimate of drug-likeness (QED) is 0.906. The molecule has 0 unspecified atom stereocenters. The fraction of sp³-hybridized carbons (Fsp3) is 0.188. The van der Waals surface area contributed by atoms with Crippen LogP contribution < -0.4 is 15.4 Å². The molecule has 6 heteroatoms. The molecule has 0 spiro atoms. The second-order valence-corrected chi connectivity index (χ2v) is 5.03. The van der Waals surface area contributed by atoms with Crippen molar-refractivity contribution >= 4 is 17.5 Å². The maximum atomic E-state index is 12.1. The first-order valence-electron chi connectivity index (χ1n) is 6.91. The van der Waals surface area contributed by atoms with Crippen molar-refractivity contribution in [3.05, 3.63) is 53.9 Å². The second-order valence-electron chi connectivity index (χ2n) is 5.03. The van der Waals surface area contributed by atoms with Crippen LogP contribution in [0.4, 0.5) is 5.69 Å². The molecule has 0 radical (unpaired) electrons. The molecule has 1 aliphatic rings. The Bertz CT molecular complexity index is 716. The summed E-state index contributed by atoms with van der Waals surface area (Å²) < 4.78 is 5.31. The van der Waals surface area contributed by atoms with Crippen LogP contribution in [0.3, 0.4) is 0 Å². The average molecular weight is 297 g/mol. The Labute approximate surface area is 127 Å². The van der Waals surface area contributed by atoms with E-state index in [1.54, 1.807) is 30.5 Å². The van der Waals surface area contributed by atoms with Crippen LogP contribution in [-0.2, 0) is 4.79 Å². The molecule has 0 aliphatic carbocycles. The predicted molar refractivity (Wildman–Crippen MR) is 80.7 cm³/mol. The summed E-state index contributed by atoms with van der Waals surface area (Å²) in [6.07, 6.45) is 3.13. The van der Waals surface area contributed by atoms with Gasteiger partial charge in [0.05, 0.1) is 17.3 Å². The van der Waals surface area contributed by atoms with Crippen LogP contribution in [0.25, 0.3) is 0 Å². The standard InChI is InChI=1S/C16H15N3O3/c1-10(18-16(21)12-3-2-6-17-8-12)11-4-5-14-13(7-11)19-15(20)9-22-14/h2-8,10H,9H2,1H3,(H,18,21)(H,19,20)/t10-/m1/s1. The predicted octanol–water partition coefficient (Wildman–Crippen LogP) is 1.90. The third-order valence-electron chi connectivity index (χ3n) is 3.41. The number of hydrogen-bond acceptors (Lipinski definition) is 4. The number of rotatable bonds is 3. The number of amides is 2. The van der Waals surface area contributed by atoms with Gasteiger partial charge in [-0.1, -0.05) is 6.07 Å². The van der Waals surface area contributed by atoms with Gasteiger partial charge < -0.3 is 15.4 Å². The molecule has 2 heterocycles. The van der Waals surface area contributed by atoms with E-state index in [1.807, 2.05) is 13.0 Å². The highest BCUT2D eigenvalue weighted by atomic mass is 16.5. The smallest absolute Gasteiger partial charge is 0.262 e. The summed E-state index contributed by atoms with van der Waals surface area (Å²) in [5.74, 6) is 0.254. The number of fused-ring (bicyclic) bond motifs is 1. The zero-order valence-electron chi connectivity index (χ0n) is 12.0. The van der Waals surface area contributed by atoms with Gasteiger partial charge in [0.25, 0.3) is 11.8 Å². The van der Waals surface area contributed by atoms with Gasteiger partial charge in [0.1, 0.15) is 5.75 Å². The number of carbonyl (C=O) groups excluding carboxylic acids is 2. The van der Waals surface area contributed by atoms with Gasteiger partial charge in [0.15, 0.2) is 6.61 Å². The summed E-state index contributed by atoms with van der Waals surface area (Å²) in [6, 6.07) is 8.67. The van der Waals surface area contributed by atoms with Gasteiger partial charge in [0.2, 0.25) is 0 Å². The number of nitrogens with zero attached hydrogens (tertiary/aromatic N) is 1. The average Bonchev–Trinajstić information content (AvgIpc) is 2.54. The molecule has 2 N–H and O–H groups in total. The van der Waals surface area contributed by atoms with Gasteiger partial charge in [-0.2, -0.15) is 0 Å². The summed E-state index contributed by atoms with van der Waals surface area (Å²) in [7, 11) is 0. The van der Waals surface area contributed by atoms with E-state index in [2.05, 4.69) is 15.6 Å². The topological polar surface area (TPSA) is 80.3 Å². The van der Waals surface area contributed by atoms with E-state index < -0.39 is 0 Å². The molecule has 0 fully saturated rings. The van der Waals surface area contributed by atoms with E-state index >= 15 is 0 Å². The molecule has 22 heavy (non-hydrogen) atoms. The number of hydrogen-bond donors (Lipinski definition) is 2. The molecule has 1 aromatic heterocycles. The first kappa shape index (κ1) is 14.1. The molecule has 2 amide bonds. The van der Waals surface area contributed by atoms with Gasteiger partial charge >= 0.3 is 0 Å². The summed E-state index contributed by atoms with van der Waals surface area (Å²) in [5.41, 5.74) is 2.00. The minimum atomic E-state index is -0.211. The van der Waals surface area contributed by atoms with Crippen molar-refractivity contribution in [1.29, 1.82) is 0 Å². The molecule has 0 saturated carbocycles. The van der Waals surface area contributed by atoms with E-state index in [0.717, 1.165) is 5.56 Å². The Hall–Kier alpha value is -2.89. The minimum absolute atomic E-state index is 0.0274. The number of pyridine rings is 1. The highest BCUT2D eigenvalue weighted by Gasteiger charge is 2.18. The van der Waals surface area contributed by atoms with Crippen LogP contribution in [-0.4, -0.2) is 23.4 Å². The largest absolute Gasteiger partial charge is 0.482 e. The molecular weight excluding hydrogens is 282 g/mol. The third-order valence-corrected chi connectivity index (χ3v) is 3.41. The lowest BCUT2D eigenvalue weighted by Gasteiger charge is -2.21. The van der Waals surface area contributed by atoms with Crippen molar-refractivity contribution in [2.75, 3.05) is 11.9 Å². The van der Waals surface area contributed by atoms with Crippen LogP contribution in [0.1, 0.15) is 28.9 Å². The lowest BCUT2D eigenvalue weighted by atomic mass is 10.1. The van der Waals surface area contributed by atoms with Crippen LogP contribution in [0.2, 0.25) is 0 Å². The molecule has 6 nitrogen and oxygen atoms in total. The second kappa shape index (κ2) is 5.85. The van der Waals surface area contributed by atoms with Crippen molar-refractivity contribution in [3.63, 3.8) is 0 Å². The van der Waals surface area contributed by atoms with E-state index in [-0.39, 0.29) is 24.5 Å². The Balaban J connectivity index is 1.75. The van der Waals surface area contributed by atoms with Crippen LogP contribution in [0, 0.1) is 0 Å². The molecule has 2 aromatic rings. The molecule has 0 bridgehead atoms. The summed E-state index contributed by atoms with van der Waals surface area (Å²) in [5, 5.41) is 5.65. The van der Waals surface area contributed by atoms with Gasteiger partial charge in [-0.3, -0.25) is 14.6 Å². The Morgan fingerprint density at radius 1 is 1.41 bits per heavy atom. The summed E-state index contributed by atoms with van der Waals surface area (Å²) >= 11 is 0.